The molecule has 29 heavy (non-hydrogen) atoms. The number of fused-ring (bicyclic) bond motifs is 1. The molecule has 0 saturated heterocycles. The number of nitrogens with one attached hydrogen (secondary N) is 1. The Morgan fingerprint density at radius 2 is 1.72 bits per heavy atom. The molecule has 0 aliphatic heterocycles. The molecule has 0 aliphatic carbocycles. The maximum Gasteiger partial charge on any atom is 0.141 e. The molecule has 4 nitrogen and oxygen atoms in total. The number of anilines is 2. The third-order valence-corrected chi connectivity index (χ3v) is 4.96. The maximum absolute atomic E-state index is 13.3. The third-order valence-electron chi connectivity index (χ3n) is 4.96. The molecule has 0 fully saturated rings. The first-order valence-corrected chi connectivity index (χ1v) is 9.58. The van der Waals surface area contributed by atoms with E-state index in [0.717, 1.165) is 28.0 Å². The minimum absolute atomic E-state index is 0.112. The van der Waals surface area contributed by atoms with Crippen LogP contribution in [0.1, 0.15) is 31.9 Å². The molecule has 0 radical (unpaired) electrons. The number of aromatic nitrogens is 3. The zero-order valence-corrected chi connectivity index (χ0v) is 16.8. The molecule has 0 bridgehead atoms. The van der Waals surface area contributed by atoms with Crippen LogP contribution in [0.25, 0.3) is 22.2 Å². The van der Waals surface area contributed by atoms with Crippen molar-refractivity contribution in [2.45, 2.75) is 32.9 Å². The van der Waals surface area contributed by atoms with Crippen molar-refractivity contribution in [3.8, 4) is 11.3 Å². The van der Waals surface area contributed by atoms with E-state index in [1.54, 1.807) is 18.3 Å². The Bertz CT molecular complexity index is 1150. The van der Waals surface area contributed by atoms with Gasteiger partial charge in [0.1, 0.15) is 18.8 Å². The summed E-state index contributed by atoms with van der Waals surface area (Å²) in [6.45, 7) is 6.03. The van der Waals surface area contributed by atoms with E-state index in [1.807, 2.05) is 18.2 Å². The van der Waals surface area contributed by atoms with Crippen molar-refractivity contribution in [1.82, 2.24) is 15.0 Å². The lowest BCUT2D eigenvalue weighted by Gasteiger charge is -2.19. The van der Waals surface area contributed by atoms with Gasteiger partial charge in [-0.2, -0.15) is 0 Å². The molecule has 146 valence electrons. The van der Waals surface area contributed by atoms with Gasteiger partial charge in [0.05, 0.1) is 11.2 Å². The summed E-state index contributed by atoms with van der Waals surface area (Å²) in [5.41, 5.74) is 5.18. The van der Waals surface area contributed by atoms with Gasteiger partial charge in [-0.1, -0.05) is 45.0 Å². The van der Waals surface area contributed by atoms with Gasteiger partial charge in [0.25, 0.3) is 0 Å². The molecular formula is C24H23FN4. The molecule has 2 aromatic heterocycles. The van der Waals surface area contributed by atoms with Crippen LogP contribution in [0.5, 0.6) is 0 Å². The van der Waals surface area contributed by atoms with Crippen LogP contribution in [-0.4, -0.2) is 15.0 Å². The molecule has 0 aliphatic rings. The Kier molecular flexibility index (Phi) is 4.97. The number of benzene rings is 2. The van der Waals surface area contributed by atoms with Crippen molar-refractivity contribution < 1.29 is 4.39 Å². The fourth-order valence-corrected chi connectivity index (χ4v) is 3.30. The Morgan fingerprint density at radius 1 is 0.931 bits per heavy atom. The summed E-state index contributed by atoms with van der Waals surface area (Å²) < 4.78 is 13.3. The van der Waals surface area contributed by atoms with Crippen molar-refractivity contribution in [3.05, 3.63) is 78.2 Å². The fraction of sp³-hybridized carbons (Fsp3) is 0.208. The second kappa shape index (κ2) is 7.59. The summed E-state index contributed by atoms with van der Waals surface area (Å²) in [7, 11) is 0. The van der Waals surface area contributed by atoms with Crippen LogP contribution >= 0.6 is 0 Å². The lowest BCUT2D eigenvalue weighted by atomic mass is 9.87. The van der Waals surface area contributed by atoms with Crippen molar-refractivity contribution in [1.29, 1.82) is 0 Å². The number of alkyl halides is 1. The predicted molar refractivity (Wildman–Crippen MR) is 116 cm³/mol. The first-order valence-electron chi connectivity index (χ1n) is 9.58. The second-order valence-electron chi connectivity index (χ2n) is 8.05. The molecule has 0 unspecified atom stereocenters. The van der Waals surface area contributed by atoms with Gasteiger partial charge in [0.2, 0.25) is 0 Å². The number of pyridine rings is 1. The highest BCUT2D eigenvalue weighted by Gasteiger charge is 2.13. The van der Waals surface area contributed by atoms with Crippen LogP contribution < -0.4 is 5.32 Å². The van der Waals surface area contributed by atoms with E-state index in [-0.39, 0.29) is 5.41 Å². The van der Waals surface area contributed by atoms with Gasteiger partial charge < -0.3 is 5.32 Å². The van der Waals surface area contributed by atoms with Gasteiger partial charge in [-0.15, -0.1) is 0 Å². The summed E-state index contributed by atoms with van der Waals surface area (Å²) >= 11 is 0. The van der Waals surface area contributed by atoms with Gasteiger partial charge in [-0.25, -0.2) is 14.4 Å². The van der Waals surface area contributed by atoms with E-state index < -0.39 is 6.67 Å². The van der Waals surface area contributed by atoms with Gasteiger partial charge in [-0.05, 0) is 41.3 Å². The molecule has 0 amide bonds. The lowest BCUT2D eigenvalue weighted by molar-refractivity contribution is 0.485. The first-order chi connectivity index (χ1) is 14.0. The van der Waals surface area contributed by atoms with Crippen molar-refractivity contribution in [3.63, 3.8) is 0 Å². The van der Waals surface area contributed by atoms with Gasteiger partial charge in [0.15, 0.2) is 0 Å². The average molecular weight is 386 g/mol. The molecule has 5 heteroatoms. The first kappa shape index (κ1) is 19.0. The van der Waals surface area contributed by atoms with Crippen LogP contribution in [0.15, 0.2) is 67.1 Å². The Hall–Kier alpha value is -3.34. The van der Waals surface area contributed by atoms with E-state index in [9.17, 15) is 4.39 Å². The highest BCUT2D eigenvalue weighted by atomic mass is 19.1. The standard InChI is InChI=1S/C24H23FN4/c1-24(2,3)18-7-9-19(10-8-18)29-23-20-11-6-16(13-21(20)27-15-28-23)22-17(14-25)5-4-12-26-22/h4-13,15H,14H2,1-3H3,(H,27,28,29). The second-order valence-corrected chi connectivity index (χ2v) is 8.05. The number of hydrogen-bond acceptors (Lipinski definition) is 4. The SMILES string of the molecule is CC(C)(C)c1ccc(Nc2ncnc3cc(-c4ncccc4CF)ccc23)cc1. The van der Waals surface area contributed by atoms with E-state index in [1.165, 1.54) is 11.9 Å². The smallest absolute Gasteiger partial charge is 0.141 e. The van der Waals surface area contributed by atoms with Crippen LogP contribution in [0, 0.1) is 0 Å². The van der Waals surface area contributed by atoms with E-state index >= 15 is 0 Å². The monoisotopic (exact) mass is 386 g/mol. The molecule has 0 atom stereocenters. The molecule has 4 rings (SSSR count). The molecule has 2 aromatic carbocycles. The maximum atomic E-state index is 13.3. The summed E-state index contributed by atoms with van der Waals surface area (Å²) in [6, 6.07) is 17.7. The molecule has 2 heterocycles. The number of rotatable bonds is 4. The summed E-state index contributed by atoms with van der Waals surface area (Å²) in [6.07, 6.45) is 3.21. The molecular weight excluding hydrogens is 363 g/mol. The molecule has 4 aromatic rings. The zero-order valence-electron chi connectivity index (χ0n) is 16.8. The highest BCUT2D eigenvalue weighted by molar-refractivity contribution is 5.93. The van der Waals surface area contributed by atoms with Gasteiger partial charge >= 0.3 is 0 Å². The summed E-state index contributed by atoms with van der Waals surface area (Å²) in [5, 5.41) is 4.28. The number of halogens is 1. The zero-order chi connectivity index (χ0) is 20.4. The Balaban J connectivity index is 1.68. The normalized spacial score (nSPS) is 11.6. The van der Waals surface area contributed by atoms with Crippen LogP contribution in [0.4, 0.5) is 15.9 Å². The number of nitrogens with zero attached hydrogens (tertiary/aromatic N) is 3. The largest absolute Gasteiger partial charge is 0.340 e. The van der Waals surface area contributed by atoms with Crippen LogP contribution in [0.2, 0.25) is 0 Å². The lowest BCUT2D eigenvalue weighted by Crippen LogP contribution is -2.10. The van der Waals surface area contributed by atoms with E-state index in [4.69, 9.17) is 0 Å². The molecule has 0 spiro atoms. The van der Waals surface area contributed by atoms with Crippen molar-refractivity contribution in [2.75, 3.05) is 5.32 Å². The topological polar surface area (TPSA) is 50.7 Å². The highest BCUT2D eigenvalue weighted by Crippen LogP contribution is 2.30. The van der Waals surface area contributed by atoms with E-state index in [2.05, 4.69) is 65.3 Å². The van der Waals surface area contributed by atoms with Crippen molar-refractivity contribution in [2.24, 2.45) is 0 Å². The minimum Gasteiger partial charge on any atom is -0.340 e. The number of hydrogen-bond donors (Lipinski definition) is 1. The molecule has 1 N–H and O–H groups in total. The minimum atomic E-state index is -0.553. The van der Waals surface area contributed by atoms with Gasteiger partial charge in [0, 0.05) is 28.4 Å². The predicted octanol–water partition coefficient (Wildman–Crippen LogP) is 6.20. The average Bonchev–Trinajstić information content (AvgIpc) is 2.73. The van der Waals surface area contributed by atoms with E-state index in [0.29, 0.717) is 11.3 Å². The van der Waals surface area contributed by atoms with Crippen LogP contribution in [-0.2, 0) is 12.1 Å². The van der Waals surface area contributed by atoms with Gasteiger partial charge in [-0.3, -0.25) is 4.98 Å². The van der Waals surface area contributed by atoms with Crippen LogP contribution in [0.3, 0.4) is 0 Å². The quantitative estimate of drug-likeness (QED) is 0.453. The molecule has 0 saturated carbocycles. The Labute approximate surface area is 169 Å². The Morgan fingerprint density at radius 3 is 2.45 bits per heavy atom. The third kappa shape index (κ3) is 3.94. The summed E-state index contributed by atoms with van der Waals surface area (Å²) in [5.74, 6) is 0.733. The summed E-state index contributed by atoms with van der Waals surface area (Å²) in [4.78, 5) is 13.2. The van der Waals surface area contributed by atoms with Crippen molar-refractivity contribution >= 4 is 22.4 Å². The fourth-order valence-electron chi connectivity index (χ4n) is 3.30.